The largest absolute Gasteiger partial charge is 0.313 e. The van der Waals surface area contributed by atoms with E-state index in [1.807, 2.05) is 0 Å². The average molecular weight is 256 g/mol. The molecule has 0 bridgehead atoms. The molecule has 0 spiro atoms. The molecule has 0 rings (SSSR count). The molecular formula is C16H36N2. The number of likely N-dealkylation sites (N-methyl/N-ethyl adjacent to an activating group) is 1. The van der Waals surface area contributed by atoms with E-state index >= 15 is 0 Å². The van der Waals surface area contributed by atoms with E-state index in [9.17, 15) is 0 Å². The minimum absolute atomic E-state index is 0.363. The second-order valence-corrected chi connectivity index (χ2v) is 6.87. The molecule has 0 saturated carbocycles. The average Bonchev–Trinajstić information content (AvgIpc) is 2.27. The zero-order valence-corrected chi connectivity index (χ0v) is 13.8. The summed E-state index contributed by atoms with van der Waals surface area (Å²) in [6.07, 6.45) is 5.36. The Bertz CT molecular complexity index is 196. The molecule has 0 aromatic rings. The Hall–Kier alpha value is -0.0800. The topological polar surface area (TPSA) is 15.3 Å². The monoisotopic (exact) mass is 256 g/mol. The summed E-state index contributed by atoms with van der Waals surface area (Å²) in [5, 5.41) is 3.64. The van der Waals surface area contributed by atoms with Crippen LogP contribution in [0.1, 0.15) is 67.2 Å². The molecule has 0 fully saturated rings. The van der Waals surface area contributed by atoms with Crippen LogP contribution < -0.4 is 5.32 Å². The lowest BCUT2D eigenvalue weighted by atomic mass is 9.87. The van der Waals surface area contributed by atoms with Crippen LogP contribution in [0.2, 0.25) is 0 Å². The minimum Gasteiger partial charge on any atom is -0.313 e. The Labute approximate surface area is 116 Å². The summed E-state index contributed by atoms with van der Waals surface area (Å²) in [6, 6.07) is 1.28. The van der Waals surface area contributed by atoms with Crippen molar-refractivity contribution in [1.82, 2.24) is 10.2 Å². The second kappa shape index (κ2) is 8.92. The summed E-state index contributed by atoms with van der Waals surface area (Å²) in [6.45, 7) is 16.1. The molecule has 2 nitrogen and oxygen atoms in total. The fourth-order valence-corrected chi connectivity index (χ4v) is 2.14. The van der Waals surface area contributed by atoms with Crippen LogP contribution in [0, 0.1) is 5.41 Å². The molecule has 0 aliphatic carbocycles. The van der Waals surface area contributed by atoms with Gasteiger partial charge in [-0.15, -0.1) is 0 Å². The molecule has 18 heavy (non-hydrogen) atoms. The van der Waals surface area contributed by atoms with E-state index in [-0.39, 0.29) is 0 Å². The molecule has 0 aliphatic heterocycles. The van der Waals surface area contributed by atoms with Gasteiger partial charge in [0.15, 0.2) is 0 Å². The summed E-state index contributed by atoms with van der Waals surface area (Å²) >= 11 is 0. The van der Waals surface area contributed by atoms with Crippen LogP contribution in [0.5, 0.6) is 0 Å². The fourth-order valence-electron chi connectivity index (χ4n) is 2.14. The van der Waals surface area contributed by atoms with Crippen molar-refractivity contribution in [3.8, 4) is 0 Å². The molecule has 0 heterocycles. The first-order chi connectivity index (χ1) is 8.29. The van der Waals surface area contributed by atoms with Crippen LogP contribution in [0.25, 0.3) is 0 Å². The van der Waals surface area contributed by atoms with Gasteiger partial charge < -0.3 is 10.2 Å². The van der Waals surface area contributed by atoms with Crippen LogP contribution in [0.4, 0.5) is 0 Å². The van der Waals surface area contributed by atoms with Gasteiger partial charge in [0, 0.05) is 25.2 Å². The van der Waals surface area contributed by atoms with E-state index in [0.717, 1.165) is 13.1 Å². The summed E-state index contributed by atoms with van der Waals surface area (Å²) < 4.78 is 0. The summed E-state index contributed by atoms with van der Waals surface area (Å²) in [4.78, 5) is 2.46. The molecule has 0 aliphatic rings. The van der Waals surface area contributed by atoms with Crippen molar-refractivity contribution in [2.45, 2.75) is 79.3 Å². The van der Waals surface area contributed by atoms with Crippen molar-refractivity contribution in [2.75, 3.05) is 20.1 Å². The SMILES string of the molecule is CCCCCC(C)NCCN(C)C(C)C(C)(C)C. The molecule has 0 amide bonds. The van der Waals surface area contributed by atoms with E-state index in [2.05, 4.69) is 58.8 Å². The van der Waals surface area contributed by atoms with E-state index in [0.29, 0.717) is 17.5 Å². The molecule has 2 unspecified atom stereocenters. The van der Waals surface area contributed by atoms with Crippen molar-refractivity contribution in [1.29, 1.82) is 0 Å². The number of nitrogens with one attached hydrogen (secondary N) is 1. The predicted molar refractivity (Wildman–Crippen MR) is 83.2 cm³/mol. The van der Waals surface area contributed by atoms with Gasteiger partial charge in [-0.25, -0.2) is 0 Å². The van der Waals surface area contributed by atoms with Gasteiger partial charge in [-0.05, 0) is 32.7 Å². The Morgan fingerprint density at radius 1 is 1.11 bits per heavy atom. The molecule has 0 aromatic heterocycles. The number of rotatable bonds is 9. The Morgan fingerprint density at radius 3 is 2.22 bits per heavy atom. The number of hydrogen-bond acceptors (Lipinski definition) is 2. The maximum atomic E-state index is 3.64. The van der Waals surface area contributed by atoms with Crippen LogP contribution in [-0.4, -0.2) is 37.1 Å². The van der Waals surface area contributed by atoms with Gasteiger partial charge in [0.25, 0.3) is 0 Å². The zero-order chi connectivity index (χ0) is 14.2. The smallest absolute Gasteiger partial charge is 0.0113 e. The quantitative estimate of drug-likeness (QED) is 0.629. The molecule has 1 N–H and O–H groups in total. The number of unbranched alkanes of at least 4 members (excludes halogenated alkanes) is 2. The summed E-state index contributed by atoms with van der Waals surface area (Å²) in [5.41, 5.74) is 0.363. The highest BCUT2D eigenvalue weighted by atomic mass is 15.1. The lowest BCUT2D eigenvalue weighted by Gasteiger charge is -2.35. The lowest BCUT2D eigenvalue weighted by molar-refractivity contribution is 0.141. The third-order valence-electron chi connectivity index (χ3n) is 4.11. The van der Waals surface area contributed by atoms with Gasteiger partial charge in [0.1, 0.15) is 0 Å². The van der Waals surface area contributed by atoms with Crippen molar-refractivity contribution in [3.05, 3.63) is 0 Å². The van der Waals surface area contributed by atoms with Crippen molar-refractivity contribution >= 4 is 0 Å². The molecule has 110 valence electrons. The van der Waals surface area contributed by atoms with Crippen LogP contribution in [-0.2, 0) is 0 Å². The van der Waals surface area contributed by atoms with Gasteiger partial charge in [-0.3, -0.25) is 0 Å². The van der Waals surface area contributed by atoms with Crippen LogP contribution in [0.3, 0.4) is 0 Å². The highest BCUT2D eigenvalue weighted by Crippen LogP contribution is 2.22. The lowest BCUT2D eigenvalue weighted by Crippen LogP contribution is -2.43. The maximum absolute atomic E-state index is 3.64. The van der Waals surface area contributed by atoms with Gasteiger partial charge in [0.2, 0.25) is 0 Å². The maximum Gasteiger partial charge on any atom is 0.0113 e. The highest BCUT2D eigenvalue weighted by molar-refractivity contribution is 4.77. The normalized spacial score (nSPS) is 16.0. The third kappa shape index (κ3) is 8.10. The van der Waals surface area contributed by atoms with Crippen LogP contribution >= 0.6 is 0 Å². The van der Waals surface area contributed by atoms with Crippen molar-refractivity contribution < 1.29 is 0 Å². The van der Waals surface area contributed by atoms with Crippen LogP contribution in [0.15, 0.2) is 0 Å². The summed E-state index contributed by atoms with van der Waals surface area (Å²) in [7, 11) is 2.24. The molecule has 0 radical (unpaired) electrons. The Morgan fingerprint density at radius 2 is 1.72 bits per heavy atom. The van der Waals surface area contributed by atoms with E-state index < -0.39 is 0 Å². The number of hydrogen-bond donors (Lipinski definition) is 1. The first-order valence-corrected chi connectivity index (χ1v) is 7.72. The first-order valence-electron chi connectivity index (χ1n) is 7.72. The molecule has 0 aromatic carbocycles. The third-order valence-corrected chi connectivity index (χ3v) is 4.11. The Kier molecular flexibility index (Phi) is 8.89. The van der Waals surface area contributed by atoms with E-state index in [1.165, 1.54) is 25.7 Å². The predicted octanol–water partition coefficient (Wildman–Crippen LogP) is 3.91. The highest BCUT2D eigenvalue weighted by Gasteiger charge is 2.23. The van der Waals surface area contributed by atoms with Gasteiger partial charge in [-0.2, -0.15) is 0 Å². The number of nitrogens with zero attached hydrogens (tertiary/aromatic N) is 1. The minimum atomic E-state index is 0.363. The molecular weight excluding hydrogens is 220 g/mol. The molecule has 0 saturated heterocycles. The standard InChI is InChI=1S/C16H36N2/c1-8-9-10-11-14(2)17-12-13-18(7)15(3)16(4,5)6/h14-15,17H,8-13H2,1-7H3. The first kappa shape index (κ1) is 17.9. The van der Waals surface area contributed by atoms with Gasteiger partial charge in [-0.1, -0.05) is 47.0 Å². The van der Waals surface area contributed by atoms with Crippen molar-refractivity contribution in [3.63, 3.8) is 0 Å². The van der Waals surface area contributed by atoms with Gasteiger partial charge in [0.05, 0.1) is 0 Å². The molecule has 2 heteroatoms. The van der Waals surface area contributed by atoms with Crippen molar-refractivity contribution in [2.24, 2.45) is 5.41 Å². The second-order valence-electron chi connectivity index (χ2n) is 6.87. The Balaban J connectivity index is 3.70. The van der Waals surface area contributed by atoms with E-state index in [1.54, 1.807) is 0 Å². The molecule has 2 atom stereocenters. The van der Waals surface area contributed by atoms with Gasteiger partial charge >= 0.3 is 0 Å². The fraction of sp³-hybridized carbons (Fsp3) is 1.00. The van der Waals surface area contributed by atoms with E-state index in [4.69, 9.17) is 0 Å². The summed E-state index contributed by atoms with van der Waals surface area (Å²) in [5.74, 6) is 0. The zero-order valence-electron chi connectivity index (χ0n) is 13.8.